The Morgan fingerprint density at radius 3 is 2.72 bits per heavy atom. The molecule has 5 aromatic rings. The van der Waals surface area contributed by atoms with Crippen molar-refractivity contribution < 1.29 is 4.39 Å². The Balaban J connectivity index is 1.62. The summed E-state index contributed by atoms with van der Waals surface area (Å²) in [5.74, 6) is -0.336. The molecule has 0 aliphatic heterocycles. The molecule has 0 saturated heterocycles. The van der Waals surface area contributed by atoms with Gasteiger partial charge in [-0.2, -0.15) is 0 Å². The second kappa shape index (κ2) is 6.75. The van der Waals surface area contributed by atoms with E-state index in [0.29, 0.717) is 27.1 Å². The van der Waals surface area contributed by atoms with Gasteiger partial charge in [0.2, 0.25) is 0 Å². The molecule has 0 unspecified atom stereocenters. The number of rotatable bonds is 3. The van der Waals surface area contributed by atoms with Crippen molar-refractivity contribution in [3.63, 3.8) is 0 Å². The van der Waals surface area contributed by atoms with Crippen LogP contribution in [-0.4, -0.2) is 18.9 Å². The largest absolute Gasteiger partial charge is 0.293 e. The number of nitrogens with zero attached hydrogens (tertiary/aromatic N) is 4. The average Bonchev–Trinajstić information content (AvgIpc) is 3.16. The first-order valence-electron chi connectivity index (χ1n) is 8.80. The van der Waals surface area contributed by atoms with Gasteiger partial charge < -0.3 is 0 Å². The Bertz CT molecular complexity index is 1490. The van der Waals surface area contributed by atoms with Crippen LogP contribution in [-0.2, 0) is 6.54 Å². The van der Waals surface area contributed by atoms with Crippen LogP contribution in [0, 0.1) is 5.82 Å². The monoisotopic (exact) mass is 404 g/mol. The first-order chi connectivity index (χ1) is 14.1. The lowest BCUT2D eigenvalue weighted by Gasteiger charge is -2.07. The highest BCUT2D eigenvalue weighted by Crippen LogP contribution is 2.30. The minimum Gasteiger partial charge on any atom is -0.293 e. The van der Waals surface area contributed by atoms with Crippen molar-refractivity contribution in [3.05, 3.63) is 98.7 Å². The van der Waals surface area contributed by atoms with Gasteiger partial charge in [-0.05, 0) is 29.8 Å². The number of halogens is 1. The zero-order valence-electron chi connectivity index (χ0n) is 14.9. The van der Waals surface area contributed by atoms with E-state index in [0.717, 1.165) is 5.56 Å². The maximum absolute atomic E-state index is 13.3. The molecule has 0 N–H and O–H groups in total. The van der Waals surface area contributed by atoms with Crippen molar-refractivity contribution in [2.24, 2.45) is 0 Å². The number of hydrogen-bond acceptors (Lipinski definition) is 5. The van der Waals surface area contributed by atoms with Gasteiger partial charge in [-0.15, -0.1) is 11.3 Å². The Hall–Kier alpha value is -3.65. The summed E-state index contributed by atoms with van der Waals surface area (Å²) in [5, 5.41) is 2.32. The van der Waals surface area contributed by atoms with Crippen LogP contribution in [0.3, 0.4) is 0 Å². The fourth-order valence-corrected chi connectivity index (χ4v) is 4.19. The van der Waals surface area contributed by atoms with Gasteiger partial charge in [-0.3, -0.25) is 18.6 Å². The maximum Gasteiger partial charge on any atom is 0.263 e. The lowest BCUT2D eigenvalue weighted by atomic mass is 10.1. The van der Waals surface area contributed by atoms with Gasteiger partial charge in [-0.25, -0.2) is 14.4 Å². The molecule has 4 aromatic heterocycles. The van der Waals surface area contributed by atoms with Crippen LogP contribution in [0.1, 0.15) is 5.69 Å². The van der Waals surface area contributed by atoms with Crippen molar-refractivity contribution in [2.75, 3.05) is 0 Å². The minimum atomic E-state index is -0.336. The summed E-state index contributed by atoms with van der Waals surface area (Å²) in [6.07, 6.45) is 3.11. The van der Waals surface area contributed by atoms with E-state index in [-0.39, 0.29) is 23.5 Å². The van der Waals surface area contributed by atoms with E-state index >= 15 is 0 Å². The summed E-state index contributed by atoms with van der Waals surface area (Å²) in [6.45, 7) is 0.126. The molecule has 0 amide bonds. The van der Waals surface area contributed by atoms with Crippen molar-refractivity contribution in [2.45, 2.75) is 6.54 Å². The number of pyridine rings is 1. The minimum absolute atomic E-state index is 0.126. The van der Waals surface area contributed by atoms with E-state index in [9.17, 15) is 14.0 Å². The van der Waals surface area contributed by atoms with E-state index in [4.69, 9.17) is 0 Å². The molecule has 0 fully saturated rings. The summed E-state index contributed by atoms with van der Waals surface area (Å²) >= 11 is 1.36. The summed E-state index contributed by atoms with van der Waals surface area (Å²) in [7, 11) is 0. The molecule has 0 atom stereocenters. The van der Waals surface area contributed by atoms with Crippen LogP contribution < -0.4 is 11.1 Å². The van der Waals surface area contributed by atoms with Crippen LogP contribution in [0.5, 0.6) is 0 Å². The summed E-state index contributed by atoms with van der Waals surface area (Å²) in [6, 6.07) is 12.7. The highest BCUT2D eigenvalue weighted by molar-refractivity contribution is 7.17. The van der Waals surface area contributed by atoms with E-state index < -0.39 is 0 Å². The van der Waals surface area contributed by atoms with Gasteiger partial charge in [-0.1, -0.05) is 18.2 Å². The average molecular weight is 404 g/mol. The second-order valence-corrected chi connectivity index (χ2v) is 7.39. The maximum atomic E-state index is 13.3. The van der Waals surface area contributed by atoms with E-state index in [1.54, 1.807) is 36.5 Å². The predicted octanol–water partition coefficient (Wildman–Crippen LogP) is 3.32. The van der Waals surface area contributed by atoms with Gasteiger partial charge in [0.15, 0.2) is 0 Å². The van der Waals surface area contributed by atoms with Gasteiger partial charge in [0.05, 0.1) is 24.0 Å². The number of aromatic nitrogens is 4. The van der Waals surface area contributed by atoms with Crippen molar-refractivity contribution in [1.82, 2.24) is 18.9 Å². The standard InChI is InChI=1S/C21H13FN4O2S/c22-14-6-4-13(5-7-14)16-11-29-20-19(16)21(28)25(12-23-20)10-15-9-18(27)26-8-2-1-3-17(26)24-15/h1-9,11-12H,10H2. The van der Waals surface area contributed by atoms with E-state index in [1.807, 2.05) is 5.38 Å². The fourth-order valence-electron chi connectivity index (χ4n) is 3.28. The first kappa shape index (κ1) is 17.4. The quantitative estimate of drug-likeness (QED) is 0.463. The Labute approximate surface area is 167 Å². The third-order valence-electron chi connectivity index (χ3n) is 4.67. The molecule has 8 heteroatoms. The smallest absolute Gasteiger partial charge is 0.263 e. The van der Waals surface area contributed by atoms with Gasteiger partial charge in [0.25, 0.3) is 11.1 Å². The molecule has 29 heavy (non-hydrogen) atoms. The molecule has 4 heterocycles. The third kappa shape index (κ3) is 3.03. The fraction of sp³-hybridized carbons (Fsp3) is 0.0476. The number of fused-ring (bicyclic) bond motifs is 2. The molecule has 5 rings (SSSR count). The normalized spacial score (nSPS) is 11.3. The summed E-state index contributed by atoms with van der Waals surface area (Å²) < 4.78 is 16.1. The zero-order valence-corrected chi connectivity index (χ0v) is 15.8. The molecular formula is C21H13FN4O2S. The van der Waals surface area contributed by atoms with Crippen LogP contribution in [0.25, 0.3) is 27.0 Å². The van der Waals surface area contributed by atoms with Crippen molar-refractivity contribution >= 4 is 27.2 Å². The molecule has 0 bridgehead atoms. The molecule has 0 spiro atoms. The first-order valence-corrected chi connectivity index (χ1v) is 9.68. The van der Waals surface area contributed by atoms with Gasteiger partial charge in [0.1, 0.15) is 16.3 Å². The summed E-state index contributed by atoms with van der Waals surface area (Å²) in [4.78, 5) is 34.9. The van der Waals surface area contributed by atoms with Crippen LogP contribution in [0.15, 0.2) is 76.0 Å². The van der Waals surface area contributed by atoms with Crippen molar-refractivity contribution in [3.8, 4) is 11.1 Å². The summed E-state index contributed by atoms with van der Waals surface area (Å²) in [5.41, 5.74) is 2.00. The van der Waals surface area contributed by atoms with Gasteiger partial charge in [0, 0.05) is 23.2 Å². The molecule has 0 saturated carbocycles. The zero-order chi connectivity index (χ0) is 20.0. The van der Waals surface area contributed by atoms with Crippen molar-refractivity contribution in [1.29, 1.82) is 0 Å². The van der Waals surface area contributed by atoms with E-state index in [1.165, 1.54) is 44.8 Å². The molecule has 6 nitrogen and oxygen atoms in total. The molecule has 0 aliphatic carbocycles. The number of benzene rings is 1. The lowest BCUT2D eigenvalue weighted by molar-refractivity contribution is 0.628. The molecule has 0 radical (unpaired) electrons. The Morgan fingerprint density at radius 2 is 1.90 bits per heavy atom. The molecule has 142 valence electrons. The Kier molecular flexibility index (Phi) is 4.06. The van der Waals surface area contributed by atoms with Crippen LogP contribution in [0.4, 0.5) is 4.39 Å². The number of thiophene rings is 1. The van der Waals surface area contributed by atoms with Crippen LogP contribution in [0.2, 0.25) is 0 Å². The highest BCUT2D eigenvalue weighted by Gasteiger charge is 2.14. The highest BCUT2D eigenvalue weighted by atomic mass is 32.1. The second-order valence-electron chi connectivity index (χ2n) is 6.53. The SMILES string of the molecule is O=c1c2c(-c3ccc(F)cc3)csc2ncn1Cc1cc(=O)n2ccccc2n1. The van der Waals surface area contributed by atoms with Crippen LogP contribution >= 0.6 is 11.3 Å². The topological polar surface area (TPSA) is 69.3 Å². The molecule has 0 aliphatic rings. The molecular weight excluding hydrogens is 391 g/mol. The number of hydrogen-bond donors (Lipinski definition) is 0. The lowest BCUT2D eigenvalue weighted by Crippen LogP contribution is -2.23. The predicted molar refractivity (Wildman–Crippen MR) is 110 cm³/mol. The van der Waals surface area contributed by atoms with E-state index in [2.05, 4.69) is 9.97 Å². The molecule has 1 aromatic carbocycles. The van der Waals surface area contributed by atoms with Gasteiger partial charge >= 0.3 is 0 Å². The Morgan fingerprint density at radius 1 is 1.07 bits per heavy atom. The third-order valence-corrected chi connectivity index (χ3v) is 5.56.